The molecule has 1 aliphatic heterocycles. The minimum absolute atomic E-state index is 0.105. The number of sulfonamides is 1. The normalized spacial score (nSPS) is 18.0. The van der Waals surface area contributed by atoms with Crippen molar-refractivity contribution in [3.8, 4) is 0 Å². The molecular formula is C20H22Cl2N2O3S. The molecular weight excluding hydrogens is 419 g/mol. The van der Waals surface area contributed by atoms with E-state index in [4.69, 9.17) is 23.2 Å². The topological polar surface area (TPSA) is 66.5 Å². The molecule has 2 aromatic rings. The van der Waals surface area contributed by atoms with E-state index in [0.717, 1.165) is 5.56 Å². The molecule has 0 unspecified atom stereocenters. The van der Waals surface area contributed by atoms with Gasteiger partial charge in [0, 0.05) is 28.8 Å². The number of hydrogen-bond donors (Lipinski definition) is 1. The highest BCUT2D eigenvalue weighted by atomic mass is 35.5. The standard InChI is InChI=1S/C20H22Cl2N2O3S/c1-14-4-9-18(11-19(14)22)23-20(25)16-3-2-10-24(12-16)28(26,27)13-15-5-7-17(21)8-6-15/h4-9,11,16H,2-3,10,12-13H2,1H3,(H,23,25)/t16-/m0/s1. The van der Waals surface area contributed by atoms with Gasteiger partial charge in [0.2, 0.25) is 15.9 Å². The van der Waals surface area contributed by atoms with Gasteiger partial charge in [-0.1, -0.05) is 41.4 Å². The Labute approximate surface area is 175 Å². The minimum Gasteiger partial charge on any atom is -0.326 e. The maximum atomic E-state index is 12.8. The number of nitrogens with one attached hydrogen (secondary N) is 1. The Morgan fingerprint density at radius 3 is 2.57 bits per heavy atom. The SMILES string of the molecule is Cc1ccc(NC(=O)[C@H]2CCCN(S(=O)(=O)Cc3ccc(Cl)cc3)C2)cc1Cl. The number of nitrogens with zero attached hydrogens (tertiary/aromatic N) is 1. The van der Waals surface area contributed by atoms with Crippen LogP contribution in [0.5, 0.6) is 0 Å². The lowest BCUT2D eigenvalue weighted by Crippen LogP contribution is -2.44. The van der Waals surface area contributed by atoms with E-state index in [-0.39, 0.29) is 18.2 Å². The van der Waals surface area contributed by atoms with Gasteiger partial charge in [-0.25, -0.2) is 12.7 Å². The van der Waals surface area contributed by atoms with Crippen LogP contribution in [0.15, 0.2) is 42.5 Å². The van der Waals surface area contributed by atoms with Crippen molar-refractivity contribution in [2.75, 3.05) is 18.4 Å². The van der Waals surface area contributed by atoms with Gasteiger partial charge in [-0.05, 0) is 55.2 Å². The van der Waals surface area contributed by atoms with Gasteiger partial charge in [0.15, 0.2) is 0 Å². The van der Waals surface area contributed by atoms with Crippen LogP contribution in [0.1, 0.15) is 24.0 Å². The highest BCUT2D eigenvalue weighted by Gasteiger charge is 2.32. The van der Waals surface area contributed by atoms with Crippen molar-refractivity contribution in [3.63, 3.8) is 0 Å². The molecule has 0 bridgehead atoms. The van der Waals surface area contributed by atoms with Gasteiger partial charge >= 0.3 is 0 Å². The predicted molar refractivity (Wildman–Crippen MR) is 113 cm³/mol. The molecule has 1 aliphatic rings. The van der Waals surface area contributed by atoms with E-state index in [9.17, 15) is 13.2 Å². The molecule has 1 fully saturated rings. The van der Waals surface area contributed by atoms with E-state index in [1.54, 1.807) is 36.4 Å². The van der Waals surface area contributed by atoms with Crippen LogP contribution < -0.4 is 5.32 Å². The number of carbonyl (C=O) groups excluding carboxylic acids is 1. The summed E-state index contributed by atoms with van der Waals surface area (Å²) in [5, 5.41) is 3.99. The summed E-state index contributed by atoms with van der Waals surface area (Å²) in [6.45, 7) is 2.50. The molecule has 5 nitrogen and oxygen atoms in total. The van der Waals surface area contributed by atoms with Crippen molar-refractivity contribution in [1.82, 2.24) is 4.31 Å². The van der Waals surface area contributed by atoms with Crippen LogP contribution >= 0.6 is 23.2 Å². The predicted octanol–water partition coefficient (Wildman–Crippen LogP) is 4.48. The summed E-state index contributed by atoms with van der Waals surface area (Å²) in [6, 6.07) is 12.1. The lowest BCUT2D eigenvalue weighted by molar-refractivity contribution is -0.120. The lowest BCUT2D eigenvalue weighted by Gasteiger charge is -2.31. The quantitative estimate of drug-likeness (QED) is 0.744. The zero-order valence-corrected chi connectivity index (χ0v) is 17.8. The zero-order valence-electron chi connectivity index (χ0n) is 15.5. The molecule has 1 saturated heterocycles. The fraction of sp³-hybridized carbons (Fsp3) is 0.350. The van der Waals surface area contributed by atoms with E-state index in [1.807, 2.05) is 13.0 Å². The maximum absolute atomic E-state index is 12.8. The average molecular weight is 441 g/mol. The molecule has 3 rings (SSSR count). The van der Waals surface area contributed by atoms with Gasteiger partial charge in [-0.3, -0.25) is 4.79 Å². The van der Waals surface area contributed by atoms with Gasteiger partial charge in [0.25, 0.3) is 0 Å². The van der Waals surface area contributed by atoms with Crippen LogP contribution in [0, 0.1) is 12.8 Å². The van der Waals surface area contributed by atoms with Crippen molar-refractivity contribution >= 4 is 44.8 Å². The average Bonchev–Trinajstić information content (AvgIpc) is 2.66. The molecule has 1 amide bonds. The summed E-state index contributed by atoms with van der Waals surface area (Å²) in [5.41, 5.74) is 2.21. The number of halogens is 2. The summed E-state index contributed by atoms with van der Waals surface area (Å²) < 4.78 is 27.0. The summed E-state index contributed by atoms with van der Waals surface area (Å²) >= 11 is 12.0. The Hall–Kier alpha value is -1.60. The van der Waals surface area contributed by atoms with Crippen molar-refractivity contribution in [2.24, 2.45) is 5.92 Å². The number of piperidine rings is 1. The van der Waals surface area contributed by atoms with Gasteiger partial charge in [0.1, 0.15) is 0 Å². The van der Waals surface area contributed by atoms with Crippen molar-refractivity contribution in [1.29, 1.82) is 0 Å². The molecule has 8 heteroatoms. The Kier molecular flexibility index (Phi) is 6.65. The Morgan fingerprint density at radius 2 is 1.89 bits per heavy atom. The third kappa shape index (κ3) is 5.26. The van der Waals surface area contributed by atoms with Crippen molar-refractivity contribution in [2.45, 2.75) is 25.5 Å². The lowest BCUT2D eigenvalue weighted by atomic mass is 9.98. The minimum atomic E-state index is -3.51. The molecule has 0 radical (unpaired) electrons. The van der Waals surface area contributed by atoms with Crippen LogP contribution in [-0.2, 0) is 20.6 Å². The monoisotopic (exact) mass is 440 g/mol. The molecule has 0 spiro atoms. The summed E-state index contributed by atoms with van der Waals surface area (Å²) in [4.78, 5) is 12.6. The van der Waals surface area contributed by atoms with Gasteiger partial charge in [-0.15, -0.1) is 0 Å². The molecule has 1 atom stereocenters. The van der Waals surface area contributed by atoms with Crippen LogP contribution in [-0.4, -0.2) is 31.7 Å². The largest absolute Gasteiger partial charge is 0.326 e. The van der Waals surface area contributed by atoms with E-state index in [0.29, 0.717) is 40.7 Å². The Morgan fingerprint density at radius 1 is 1.18 bits per heavy atom. The Balaban J connectivity index is 1.66. The van der Waals surface area contributed by atoms with Crippen LogP contribution in [0.3, 0.4) is 0 Å². The van der Waals surface area contributed by atoms with E-state index in [2.05, 4.69) is 5.32 Å². The molecule has 1 N–H and O–H groups in total. The van der Waals surface area contributed by atoms with Gasteiger partial charge in [0.05, 0.1) is 11.7 Å². The smallest absolute Gasteiger partial charge is 0.228 e. The van der Waals surface area contributed by atoms with E-state index < -0.39 is 15.9 Å². The third-order valence-corrected chi connectivity index (χ3v) is 7.33. The summed E-state index contributed by atoms with van der Waals surface area (Å²) in [6.07, 6.45) is 1.30. The maximum Gasteiger partial charge on any atom is 0.228 e. The molecule has 150 valence electrons. The zero-order chi connectivity index (χ0) is 20.3. The first-order valence-corrected chi connectivity index (χ1v) is 11.4. The molecule has 0 aromatic heterocycles. The number of hydrogen-bond acceptors (Lipinski definition) is 3. The number of amides is 1. The first kappa shape index (κ1) is 21.1. The second kappa shape index (κ2) is 8.82. The molecule has 0 saturated carbocycles. The highest BCUT2D eigenvalue weighted by molar-refractivity contribution is 7.88. The molecule has 2 aromatic carbocycles. The second-order valence-electron chi connectivity index (χ2n) is 7.03. The molecule has 0 aliphatic carbocycles. The fourth-order valence-corrected chi connectivity index (χ4v) is 5.12. The number of rotatable bonds is 5. The van der Waals surface area contributed by atoms with Crippen molar-refractivity contribution < 1.29 is 13.2 Å². The number of carbonyl (C=O) groups is 1. The molecule has 1 heterocycles. The summed E-state index contributed by atoms with van der Waals surface area (Å²) in [5.74, 6) is -0.688. The first-order chi connectivity index (χ1) is 13.2. The molecule has 28 heavy (non-hydrogen) atoms. The summed E-state index contributed by atoms with van der Waals surface area (Å²) in [7, 11) is -3.51. The number of anilines is 1. The van der Waals surface area contributed by atoms with Gasteiger partial charge < -0.3 is 5.32 Å². The number of aryl methyl sites for hydroxylation is 1. The van der Waals surface area contributed by atoms with Crippen LogP contribution in [0.25, 0.3) is 0 Å². The Bertz CT molecular complexity index is 962. The third-order valence-electron chi connectivity index (χ3n) is 4.85. The first-order valence-electron chi connectivity index (χ1n) is 9.04. The van der Waals surface area contributed by atoms with E-state index in [1.165, 1.54) is 4.31 Å². The van der Waals surface area contributed by atoms with Crippen molar-refractivity contribution in [3.05, 3.63) is 63.6 Å². The number of benzene rings is 2. The van der Waals surface area contributed by atoms with Gasteiger partial charge in [-0.2, -0.15) is 0 Å². The highest BCUT2D eigenvalue weighted by Crippen LogP contribution is 2.25. The second-order valence-corrected chi connectivity index (χ2v) is 9.85. The fourth-order valence-electron chi connectivity index (χ4n) is 3.21. The van der Waals surface area contributed by atoms with Crippen LogP contribution in [0.4, 0.5) is 5.69 Å². The van der Waals surface area contributed by atoms with Crippen LogP contribution in [0.2, 0.25) is 10.0 Å². The van der Waals surface area contributed by atoms with E-state index >= 15 is 0 Å².